The Bertz CT molecular complexity index is 2250. The first-order chi connectivity index (χ1) is 29.9. The summed E-state index contributed by atoms with van der Waals surface area (Å²) in [6, 6.07) is 12.9. The van der Waals surface area contributed by atoms with Crippen molar-refractivity contribution < 1.29 is 32.1 Å². The van der Waals surface area contributed by atoms with E-state index in [9.17, 15) is 9.59 Å². The number of fused-ring (bicyclic) bond motifs is 2. The molecule has 2 aromatic rings. The third-order valence-corrected chi connectivity index (χ3v) is 13.6. The van der Waals surface area contributed by atoms with Gasteiger partial charge in [-0.2, -0.15) is 4.58 Å². The first-order valence-corrected chi connectivity index (χ1v) is 24.3. The van der Waals surface area contributed by atoms with Crippen LogP contribution in [-0.2, 0) is 20.4 Å². The van der Waals surface area contributed by atoms with Crippen LogP contribution < -0.4 is 15.5 Å². The van der Waals surface area contributed by atoms with Crippen LogP contribution in [0.4, 0.5) is 22.7 Å². The Balaban J connectivity index is 1.46. The maximum Gasteiger partial charge on any atom is 0.230 e. The molecule has 0 atom stereocenters. The Labute approximate surface area is 399 Å². The summed E-state index contributed by atoms with van der Waals surface area (Å²) in [6.07, 6.45) is 15.1. The fraction of sp³-hybridized carbons (Fsp3) is 0.574. The highest BCUT2D eigenvalue weighted by molar-refractivity contribution is 6.32. The number of quaternary nitrogens is 4. The summed E-state index contributed by atoms with van der Waals surface area (Å²) in [5, 5.41) is 7.23. The van der Waals surface area contributed by atoms with E-state index in [0.29, 0.717) is 12.8 Å². The number of amides is 2. The van der Waals surface area contributed by atoms with Crippen LogP contribution in [0.1, 0.15) is 83.8 Å². The summed E-state index contributed by atoms with van der Waals surface area (Å²) >= 11 is 7.43. The second kappa shape index (κ2) is 20.0. The number of hydrogen-bond acceptors (Lipinski definition) is 3. The summed E-state index contributed by atoms with van der Waals surface area (Å²) in [5.41, 5.74) is 10.8. The van der Waals surface area contributed by atoms with Crippen LogP contribution in [0.5, 0.6) is 0 Å². The molecule has 2 aliphatic heterocycles. The molecule has 10 nitrogen and oxygen atoms in total. The normalized spacial score (nSPS) is 18.9. The monoisotopic (exact) mass is 914 g/mol. The standard InChI is InChI=1S/C54H84ClN8O2/c1-53(2)44-38-42(56-50(64)30-36-62(11,12)13)24-26-46(44)58(32-18-34-60(5,6)7)48(53)28-22-40-20-17-21-41(52(40)55)23-29-49-54(3,4)45-39-43(57-51(65)31-37-63(14,15)16)25-27-47(45)59(49)33-19-35-61(8,9)10/h22-29,38-39H,17-21,30-37H2,1-16H3/q+3/p+2. The van der Waals surface area contributed by atoms with E-state index in [1.54, 1.807) is 0 Å². The molecule has 11 heteroatoms. The maximum atomic E-state index is 13.0. The van der Waals surface area contributed by atoms with E-state index in [2.05, 4.69) is 193 Å². The molecule has 3 aliphatic rings. The van der Waals surface area contributed by atoms with Crippen molar-refractivity contribution in [1.29, 1.82) is 0 Å². The van der Waals surface area contributed by atoms with Crippen LogP contribution in [0.25, 0.3) is 0 Å². The van der Waals surface area contributed by atoms with Crippen molar-refractivity contribution in [2.45, 2.75) is 83.5 Å². The molecule has 0 saturated heterocycles. The van der Waals surface area contributed by atoms with Crippen LogP contribution in [0, 0.1) is 0 Å². The van der Waals surface area contributed by atoms with Gasteiger partial charge in [0.15, 0.2) is 12.3 Å². The number of carbonyl (C=O) groups is 2. The van der Waals surface area contributed by atoms with Crippen LogP contribution in [-0.4, -0.2) is 164 Å². The Morgan fingerprint density at radius 1 is 0.677 bits per heavy atom. The zero-order valence-electron chi connectivity index (χ0n) is 43.3. The van der Waals surface area contributed by atoms with Crippen molar-refractivity contribution in [3.8, 4) is 0 Å². The quantitative estimate of drug-likeness (QED) is 0.109. The second-order valence-corrected chi connectivity index (χ2v) is 24.4. The van der Waals surface area contributed by atoms with Gasteiger partial charge in [-0.15, -0.1) is 0 Å². The number of nitrogens with one attached hydrogen (secondary N) is 2. The fourth-order valence-electron chi connectivity index (χ4n) is 9.28. The average Bonchev–Trinajstić information content (AvgIpc) is 3.51. The van der Waals surface area contributed by atoms with Gasteiger partial charge in [0.2, 0.25) is 17.5 Å². The van der Waals surface area contributed by atoms with Crippen LogP contribution in [0.2, 0.25) is 0 Å². The van der Waals surface area contributed by atoms with E-state index in [1.807, 2.05) is 0 Å². The lowest BCUT2D eigenvalue weighted by Gasteiger charge is -2.29. The van der Waals surface area contributed by atoms with Gasteiger partial charge in [-0.3, -0.25) is 9.59 Å². The molecule has 0 spiro atoms. The van der Waals surface area contributed by atoms with Gasteiger partial charge in [0.05, 0.1) is 135 Å². The Hall–Kier alpha value is -4.06. The highest BCUT2D eigenvalue weighted by Crippen LogP contribution is 2.49. The third kappa shape index (κ3) is 14.0. The number of rotatable bonds is 19. The van der Waals surface area contributed by atoms with Crippen molar-refractivity contribution in [2.75, 3.05) is 139 Å². The van der Waals surface area contributed by atoms with E-state index < -0.39 is 0 Å². The number of carbonyl (C=O) groups excluding carboxylic acids is 2. The van der Waals surface area contributed by atoms with Crippen LogP contribution >= 0.6 is 11.6 Å². The minimum atomic E-state index is -0.289. The molecule has 2 aromatic carbocycles. The van der Waals surface area contributed by atoms with Gasteiger partial charge in [0.1, 0.15) is 0 Å². The Morgan fingerprint density at radius 3 is 1.78 bits per heavy atom. The second-order valence-electron chi connectivity index (χ2n) is 24.0. The highest BCUT2D eigenvalue weighted by atomic mass is 35.5. The summed E-state index contributed by atoms with van der Waals surface area (Å²) in [4.78, 5) is 28.5. The van der Waals surface area contributed by atoms with E-state index in [0.717, 1.165) is 117 Å². The van der Waals surface area contributed by atoms with Gasteiger partial charge in [0, 0.05) is 63.9 Å². The minimum Gasteiger partial charge on any atom is -0.344 e. The minimum absolute atomic E-state index is 0.0471. The van der Waals surface area contributed by atoms with Gasteiger partial charge >= 0.3 is 0 Å². The highest BCUT2D eigenvalue weighted by Gasteiger charge is 2.45. The molecular formula is C54H86ClN8O2+5. The van der Waals surface area contributed by atoms with E-state index >= 15 is 0 Å². The lowest BCUT2D eigenvalue weighted by molar-refractivity contribution is -0.871. The smallest absolute Gasteiger partial charge is 0.230 e. The van der Waals surface area contributed by atoms with Gasteiger partial charge in [-0.25, -0.2) is 0 Å². The first-order valence-electron chi connectivity index (χ1n) is 24.0. The number of anilines is 3. The third-order valence-electron chi connectivity index (χ3n) is 13.1. The lowest BCUT2D eigenvalue weighted by atomic mass is 9.81. The van der Waals surface area contributed by atoms with Crippen LogP contribution in [0.3, 0.4) is 0 Å². The van der Waals surface area contributed by atoms with Crippen molar-refractivity contribution in [2.24, 2.45) is 0 Å². The van der Waals surface area contributed by atoms with Crippen molar-refractivity contribution >= 4 is 51.9 Å². The molecule has 2 N–H and O–H groups in total. The molecule has 5 rings (SSSR count). The number of nitrogens with zero attached hydrogens (tertiary/aromatic N) is 6. The zero-order chi connectivity index (χ0) is 48.3. The summed E-state index contributed by atoms with van der Waals surface area (Å²) in [6.45, 7) is 14.7. The fourth-order valence-corrected chi connectivity index (χ4v) is 9.60. The van der Waals surface area contributed by atoms with E-state index in [4.69, 9.17) is 11.6 Å². The first kappa shape index (κ1) is 51.9. The van der Waals surface area contributed by atoms with Crippen molar-refractivity contribution in [1.82, 2.24) is 0 Å². The molecule has 0 radical (unpaired) electrons. The molecule has 0 bridgehead atoms. The molecule has 65 heavy (non-hydrogen) atoms. The molecule has 2 amide bonds. The molecule has 0 aromatic heterocycles. The van der Waals surface area contributed by atoms with Crippen molar-refractivity contribution in [3.05, 3.63) is 93.7 Å². The number of halogens is 1. The van der Waals surface area contributed by atoms with Gasteiger partial charge in [-0.1, -0.05) is 37.6 Å². The average molecular weight is 915 g/mol. The van der Waals surface area contributed by atoms with E-state index in [1.165, 1.54) is 33.9 Å². The van der Waals surface area contributed by atoms with Gasteiger partial charge < -0.3 is 33.5 Å². The Morgan fingerprint density at radius 2 is 1.22 bits per heavy atom. The molecule has 1 aliphatic carbocycles. The summed E-state index contributed by atoms with van der Waals surface area (Å²) < 4.78 is 5.82. The lowest BCUT2D eigenvalue weighted by Crippen LogP contribution is -2.37. The zero-order valence-corrected chi connectivity index (χ0v) is 44.1. The van der Waals surface area contributed by atoms with Gasteiger partial charge in [0.25, 0.3) is 0 Å². The SMILES string of the molecule is CC1(C)C(=CC=C2CCCC(C=CC3=[N+](CCC[N+](C)(C)C)c4ccc(NC(=O)CC[N+](C)(C)C)cc4C3(C)C)=C2Cl)N(CCC[N+](C)(C)C)c2ccc(NC(=O)CC[N+](C)(C)C)cc21. The van der Waals surface area contributed by atoms with Gasteiger partial charge in [-0.05, 0) is 86.2 Å². The molecule has 2 heterocycles. The predicted molar refractivity (Wildman–Crippen MR) is 275 cm³/mol. The number of allylic oxidation sites excluding steroid dienone is 8. The van der Waals surface area contributed by atoms with Crippen molar-refractivity contribution in [3.63, 3.8) is 0 Å². The Kier molecular flexibility index (Phi) is 16.0. The predicted octanol–water partition coefficient (Wildman–Crippen LogP) is 9.17. The number of benzene rings is 2. The maximum absolute atomic E-state index is 13.0. The summed E-state index contributed by atoms with van der Waals surface area (Å²) in [7, 11) is 26.2. The van der Waals surface area contributed by atoms with E-state index in [-0.39, 0.29) is 22.6 Å². The topological polar surface area (TPSA) is 64.5 Å². The molecule has 0 unspecified atom stereocenters. The molecule has 0 fully saturated rings. The molecule has 356 valence electrons. The van der Waals surface area contributed by atoms with Crippen LogP contribution in [0.15, 0.2) is 82.6 Å². The molecule has 0 saturated carbocycles. The number of hydrogen-bond donors (Lipinski definition) is 2. The molecular weight excluding hydrogens is 828 g/mol. The largest absolute Gasteiger partial charge is 0.344 e. The summed E-state index contributed by atoms with van der Waals surface area (Å²) in [5.74, 6) is 0.0941.